The Bertz CT molecular complexity index is 375. The van der Waals surface area contributed by atoms with Crippen LogP contribution in [0.2, 0.25) is 0 Å². The van der Waals surface area contributed by atoms with Crippen molar-refractivity contribution in [3.8, 4) is 5.75 Å². The van der Waals surface area contributed by atoms with Crippen molar-refractivity contribution in [3.63, 3.8) is 0 Å². The zero-order valence-corrected chi connectivity index (χ0v) is 10.0. The molecule has 0 radical (unpaired) electrons. The number of hydrogen-bond donors (Lipinski definition) is 0. The molecule has 0 N–H and O–H groups in total. The summed E-state index contributed by atoms with van der Waals surface area (Å²) in [5.41, 5.74) is 0.0498. The fourth-order valence-corrected chi connectivity index (χ4v) is 1.03. The second-order valence-corrected chi connectivity index (χ2v) is 3.75. The molecule has 0 saturated heterocycles. The van der Waals surface area contributed by atoms with E-state index in [1.807, 2.05) is 14.1 Å². The first-order valence-corrected chi connectivity index (χ1v) is 5.00. The summed E-state index contributed by atoms with van der Waals surface area (Å²) in [6, 6.07) is 5.91. The third kappa shape index (κ3) is 3.34. The van der Waals surface area contributed by atoms with Crippen molar-refractivity contribution in [3.05, 3.63) is 34.4 Å². The van der Waals surface area contributed by atoms with Gasteiger partial charge in [0.1, 0.15) is 0 Å². The number of nitrogens with zero attached hydrogens (tertiary/aromatic N) is 2. The average molecular weight is 273 g/mol. The first kappa shape index (κ1) is 11.7. The van der Waals surface area contributed by atoms with E-state index in [0.29, 0.717) is 10.5 Å². The van der Waals surface area contributed by atoms with Crippen LogP contribution in [0.25, 0.3) is 0 Å². The predicted octanol–water partition coefficient (Wildman–Crippen LogP) is 0.791. The molecule has 0 atom stereocenters. The maximum atomic E-state index is 10.4. The third-order valence-electron chi connectivity index (χ3n) is 1.62. The molecule has 0 aromatic heterocycles. The van der Waals surface area contributed by atoms with Crippen molar-refractivity contribution in [1.29, 1.82) is 0 Å². The first-order valence-electron chi connectivity index (χ1n) is 4.14. The average Bonchev–Trinajstić information content (AvgIpc) is 2.18. The Kier molecular flexibility index (Phi) is 3.82. The van der Waals surface area contributed by atoms with Gasteiger partial charge in [0.2, 0.25) is 0 Å². The van der Waals surface area contributed by atoms with E-state index >= 15 is 0 Å². The second kappa shape index (κ2) is 4.91. The Balaban J connectivity index is 2.73. The van der Waals surface area contributed by atoms with Gasteiger partial charge in [-0.15, -0.1) is 0 Å². The summed E-state index contributed by atoms with van der Waals surface area (Å²) < 4.78 is 5.98. The molecule has 0 spiro atoms. The molecule has 5 nitrogen and oxygen atoms in total. The van der Waals surface area contributed by atoms with Gasteiger partial charge in [0, 0.05) is 0 Å². The Labute approximate surface area is 95.2 Å². The van der Waals surface area contributed by atoms with E-state index < -0.39 is 4.92 Å². The number of non-ortho nitro benzene ring substituents is 1. The van der Waals surface area contributed by atoms with E-state index in [2.05, 4.69) is 15.6 Å². The van der Waals surface area contributed by atoms with Crippen LogP contribution in [0.5, 0.6) is 5.75 Å². The van der Waals surface area contributed by atoms with Crippen LogP contribution in [0.15, 0.2) is 24.3 Å². The summed E-state index contributed by atoms with van der Waals surface area (Å²) in [5, 5.41) is 10.4. The molecular formula is C9H10N2O3Se. The molecule has 15 heavy (non-hydrogen) atoms. The van der Waals surface area contributed by atoms with E-state index in [4.69, 9.17) is 4.74 Å². The zero-order valence-electron chi connectivity index (χ0n) is 8.34. The molecule has 1 rings (SSSR count). The molecule has 1 aromatic carbocycles. The van der Waals surface area contributed by atoms with Crippen LogP contribution in [0.4, 0.5) is 5.69 Å². The first-order chi connectivity index (χ1) is 7.00. The van der Waals surface area contributed by atoms with E-state index in [1.54, 1.807) is 17.0 Å². The summed E-state index contributed by atoms with van der Waals surface area (Å²) in [6.45, 7) is 0. The van der Waals surface area contributed by atoms with E-state index in [9.17, 15) is 10.1 Å². The molecule has 0 fully saturated rings. The van der Waals surface area contributed by atoms with Crippen molar-refractivity contribution in [2.45, 2.75) is 0 Å². The monoisotopic (exact) mass is 274 g/mol. The standard InChI is InChI=1S/C9H10N2O3Se/c1-10(2)9(15)14-8-5-3-7(4-6-8)11(12)13/h3-6H,1-2H3. The van der Waals surface area contributed by atoms with Gasteiger partial charge in [0.15, 0.2) is 0 Å². The minimum absolute atomic E-state index is 0.0498. The van der Waals surface area contributed by atoms with Crippen molar-refractivity contribution in [2.24, 2.45) is 0 Å². The normalized spacial score (nSPS) is 9.47. The molecule has 0 saturated carbocycles. The van der Waals surface area contributed by atoms with Gasteiger partial charge in [-0.1, -0.05) is 0 Å². The van der Waals surface area contributed by atoms with E-state index in [-0.39, 0.29) is 5.69 Å². The zero-order chi connectivity index (χ0) is 11.4. The van der Waals surface area contributed by atoms with Gasteiger partial charge < -0.3 is 0 Å². The number of nitro benzene ring substituents is 1. The Hall–Kier alpha value is -1.39. The fourth-order valence-electron chi connectivity index (χ4n) is 0.828. The Morgan fingerprint density at radius 3 is 2.33 bits per heavy atom. The predicted molar refractivity (Wildman–Crippen MR) is 58.2 cm³/mol. The van der Waals surface area contributed by atoms with Crippen LogP contribution in [0, 0.1) is 10.1 Å². The topological polar surface area (TPSA) is 55.6 Å². The molecule has 0 unspecified atom stereocenters. The van der Waals surface area contributed by atoms with Crippen molar-refractivity contribution < 1.29 is 9.66 Å². The van der Waals surface area contributed by atoms with Crippen LogP contribution >= 0.6 is 0 Å². The SMILES string of the molecule is CN(C)C(=[Se])Oc1ccc([N+](=O)[O-])cc1. The number of ether oxygens (including phenoxy) is 1. The number of benzene rings is 1. The number of nitro groups is 1. The Morgan fingerprint density at radius 1 is 1.40 bits per heavy atom. The van der Waals surface area contributed by atoms with Gasteiger partial charge in [-0.25, -0.2) is 0 Å². The van der Waals surface area contributed by atoms with Crippen LogP contribution in [-0.2, 0) is 0 Å². The minimum atomic E-state index is -0.446. The summed E-state index contributed by atoms with van der Waals surface area (Å²) in [4.78, 5) is 11.7. The van der Waals surface area contributed by atoms with Gasteiger partial charge in [-0.2, -0.15) is 0 Å². The van der Waals surface area contributed by atoms with Crippen LogP contribution in [0.1, 0.15) is 0 Å². The molecule has 80 valence electrons. The van der Waals surface area contributed by atoms with Gasteiger partial charge in [-0.3, -0.25) is 0 Å². The fraction of sp³-hybridized carbons (Fsp3) is 0.222. The molecule has 0 aliphatic rings. The molecule has 6 heteroatoms. The van der Waals surface area contributed by atoms with Gasteiger partial charge in [0.25, 0.3) is 0 Å². The summed E-state index contributed by atoms with van der Waals surface area (Å²) in [5.74, 6) is 0.558. The quantitative estimate of drug-likeness (QED) is 0.462. The van der Waals surface area contributed by atoms with Gasteiger partial charge >= 0.3 is 94.8 Å². The van der Waals surface area contributed by atoms with Crippen LogP contribution in [-0.4, -0.2) is 44.2 Å². The van der Waals surface area contributed by atoms with Crippen molar-refractivity contribution in [1.82, 2.24) is 4.90 Å². The number of hydrogen-bond acceptors (Lipinski definition) is 4. The van der Waals surface area contributed by atoms with E-state index in [1.165, 1.54) is 12.1 Å². The third-order valence-corrected chi connectivity index (χ3v) is 2.56. The van der Waals surface area contributed by atoms with E-state index in [0.717, 1.165) is 0 Å². The number of rotatable bonds is 4. The van der Waals surface area contributed by atoms with Gasteiger partial charge in [0.05, 0.1) is 0 Å². The molecule has 0 heterocycles. The maximum absolute atomic E-state index is 10.4. The molecule has 0 aliphatic heterocycles. The molecule has 0 bridgehead atoms. The molecule has 0 amide bonds. The summed E-state index contributed by atoms with van der Waals surface area (Å²) in [6.07, 6.45) is 0. The summed E-state index contributed by atoms with van der Waals surface area (Å²) in [7, 11) is 3.66. The van der Waals surface area contributed by atoms with Crippen LogP contribution in [0.3, 0.4) is 0 Å². The summed E-state index contributed by atoms with van der Waals surface area (Å²) >= 11 is 2.75. The molecular weight excluding hydrogens is 263 g/mol. The Morgan fingerprint density at radius 2 is 1.93 bits per heavy atom. The van der Waals surface area contributed by atoms with Crippen molar-refractivity contribution in [2.75, 3.05) is 14.1 Å². The second-order valence-electron chi connectivity index (χ2n) is 3.01. The molecule has 1 aromatic rings. The molecule has 0 aliphatic carbocycles. The van der Waals surface area contributed by atoms with Crippen LogP contribution < -0.4 is 4.74 Å². The van der Waals surface area contributed by atoms with Crippen molar-refractivity contribution >= 4 is 26.0 Å². The van der Waals surface area contributed by atoms with Gasteiger partial charge in [-0.05, 0) is 0 Å².